The molecule has 1 unspecified atom stereocenters. The van der Waals surface area contributed by atoms with Crippen molar-refractivity contribution < 1.29 is 14.3 Å². The summed E-state index contributed by atoms with van der Waals surface area (Å²) in [5.41, 5.74) is 1.29. The first-order valence-electron chi connectivity index (χ1n) is 8.00. The highest BCUT2D eigenvalue weighted by Gasteiger charge is 2.18. The third-order valence-corrected chi connectivity index (χ3v) is 4.14. The number of nitrogens with one attached hydrogen (secondary N) is 1. The molecule has 3 aromatic rings. The molecule has 1 N–H and O–H groups in total. The van der Waals surface area contributed by atoms with Crippen LogP contribution in [0.25, 0.3) is 10.8 Å². The molecule has 0 aliphatic rings. The summed E-state index contributed by atoms with van der Waals surface area (Å²) in [5, 5.41) is 4.81. The van der Waals surface area contributed by atoms with Gasteiger partial charge in [-0.05, 0) is 30.5 Å². The van der Waals surface area contributed by atoms with Crippen molar-refractivity contribution in [3.8, 4) is 11.5 Å². The zero-order chi connectivity index (χ0) is 17.8. The fraction of sp³-hybridized carbons (Fsp3) is 0.200. The molecular formula is C20H20N2O3. The van der Waals surface area contributed by atoms with E-state index < -0.39 is 0 Å². The molecule has 1 amide bonds. The minimum atomic E-state index is -0.242. The van der Waals surface area contributed by atoms with Crippen LogP contribution in [0.1, 0.15) is 29.0 Å². The van der Waals surface area contributed by atoms with E-state index >= 15 is 0 Å². The summed E-state index contributed by atoms with van der Waals surface area (Å²) in [4.78, 5) is 17.0. The van der Waals surface area contributed by atoms with Gasteiger partial charge < -0.3 is 14.8 Å². The van der Waals surface area contributed by atoms with Crippen molar-refractivity contribution in [3.63, 3.8) is 0 Å². The minimum absolute atomic E-state index is 0.220. The summed E-state index contributed by atoms with van der Waals surface area (Å²) in [6, 6.07) is 14.9. The maximum Gasteiger partial charge on any atom is 0.270 e. The summed E-state index contributed by atoms with van der Waals surface area (Å²) in [5.74, 6) is 1.15. The highest BCUT2D eigenvalue weighted by molar-refractivity contribution is 6.05. The summed E-state index contributed by atoms with van der Waals surface area (Å²) in [6.07, 6.45) is 1.65. The quantitative estimate of drug-likeness (QED) is 0.771. The molecule has 0 aliphatic heterocycles. The maximum absolute atomic E-state index is 12.7. The SMILES string of the molecule is COc1ccc(C(C)NC(=O)c2nccc3ccccc23)c(OC)c1. The highest BCUT2D eigenvalue weighted by Crippen LogP contribution is 2.29. The van der Waals surface area contributed by atoms with Crippen molar-refractivity contribution in [2.75, 3.05) is 14.2 Å². The van der Waals surface area contributed by atoms with Crippen LogP contribution in [0.15, 0.2) is 54.7 Å². The Morgan fingerprint density at radius 3 is 2.64 bits per heavy atom. The molecule has 5 nitrogen and oxygen atoms in total. The summed E-state index contributed by atoms with van der Waals surface area (Å²) < 4.78 is 10.6. The van der Waals surface area contributed by atoms with Gasteiger partial charge in [0.05, 0.1) is 20.3 Å². The molecule has 3 rings (SSSR count). The van der Waals surface area contributed by atoms with Crippen LogP contribution in [0.3, 0.4) is 0 Å². The molecule has 0 saturated heterocycles. The van der Waals surface area contributed by atoms with E-state index in [0.717, 1.165) is 16.3 Å². The number of pyridine rings is 1. The Morgan fingerprint density at radius 2 is 1.88 bits per heavy atom. The third-order valence-electron chi connectivity index (χ3n) is 4.14. The topological polar surface area (TPSA) is 60.5 Å². The lowest BCUT2D eigenvalue weighted by atomic mass is 10.1. The number of nitrogens with zero attached hydrogens (tertiary/aromatic N) is 1. The second-order valence-corrected chi connectivity index (χ2v) is 5.68. The third kappa shape index (κ3) is 3.40. The molecule has 0 radical (unpaired) electrons. The van der Waals surface area contributed by atoms with Gasteiger partial charge in [-0.3, -0.25) is 9.78 Å². The van der Waals surface area contributed by atoms with Crippen LogP contribution in [0.2, 0.25) is 0 Å². The number of fused-ring (bicyclic) bond motifs is 1. The Hall–Kier alpha value is -3.08. The number of carbonyl (C=O) groups is 1. The van der Waals surface area contributed by atoms with E-state index in [9.17, 15) is 4.79 Å². The van der Waals surface area contributed by atoms with E-state index in [1.807, 2.05) is 49.4 Å². The lowest BCUT2D eigenvalue weighted by Gasteiger charge is -2.18. The fourth-order valence-corrected chi connectivity index (χ4v) is 2.82. The van der Waals surface area contributed by atoms with E-state index in [2.05, 4.69) is 10.3 Å². The van der Waals surface area contributed by atoms with Crippen LogP contribution < -0.4 is 14.8 Å². The number of hydrogen-bond acceptors (Lipinski definition) is 4. The number of amides is 1. The van der Waals surface area contributed by atoms with Crippen LogP contribution in [0.4, 0.5) is 0 Å². The number of rotatable bonds is 5. The molecule has 0 bridgehead atoms. The van der Waals surface area contributed by atoms with Crippen molar-refractivity contribution >= 4 is 16.7 Å². The van der Waals surface area contributed by atoms with Crippen LogP contribution in [-0.2, 0) is 0 Å². The van der Waals surface area contributed by atoms with Gasteiger partial charge in [-0.2, -0.15) is 0 Å². The molecule has 1 aromatic heterocycles. The molecule has 25 heavy (non-hydrogen) atoms. The molecule has 0 fully saturated rings. The van der Waals surface area contributed by atoms with Crippen molar-refractivity contribution in [2.24, 2.45) is 0 Å². The second-order valence-electron chi connectivity index (χ2n) is 5.68. The summed E-state index contributed by atoms with van der Waals surface area (Å²) in [7, 11) is 3.20. The number of methoxy groups -OCH3 is 2. The predicted molar refractivity (Wildman–Crippen MR) is 97.2 cm³/mol. The Labute approximate surface area is 146 Å². The van der Waals surface area contributed by atoms with Gasteiger partial charge >= 0.3 is 0 Å². The van der Waals surface area contributed by atoms with Gasteiger partial charge in [0.1, 0.15) is 17.2 Å². The van der Waals surface area contributed by atoms with Crippen LogP contribution in [0.5, 0.6) is 11.5 Å². The second kappa shape index (κ2) is 7.21. The molecule has 1 heterocycles. The van der Waals surface area contributed by atoms with Crippen LogP contribution in [0, 0.1) is 0 Å². The standard InChI is InChI=1S/C20H20N2O3/c1-13(16-9-8-15(24-2)12-18(16)25-3)22-20(23)19-17-7-5-4-6-14(17)10-11-21-19/h4-13H,1-3H3,(H,22,23). The lowest BCUT2D eigenvalue weighted by molar-refractivity contribution is 0.0936. The predicted octanol–water partition coefficient (Wildman–Crippen LogP) is 3.74. The average molecular weight is 336 g/mol. The lowest BCUT2D eigenvalue weighted by Crippen LogP contribution is -2.27. The van der Waals surface area contributed by atoms with Crippen LogP contribution in [-0.4, -0.2) is 25.1 Å². The Bertz CT molecular complexity index is 903. The number of aromatic nitrogens is 1. The van der Waals surface area contributed by atoms with Gasteiger partial charge in [0.2, 0.25) is 0 Å². The Balaban J connectivity index is 1.87. The van der Waals surface area contributed by atoms with Gasteiger partial charge in [-0.25, -0.2) is 0 Å². The molecule has 0 spiro atoms. The van der Waals surface area contributed by atoms with Crippen molar-refractivity contribution in [2.45, 2.75) is 13.0 Å². The minimum Gasteiger partial charge on any atom is -0.497 e. The van der Waals surface area contributed by atoms with E-state index in [-0.39, 0.29) is 11.9 Å². The molecule has 0 aliphatic carbocycles. The zero-order valence-electron chi connectivity index (χ0n) is 14.4. The Kier molecular flexibility index (Phi) is 4.84. The molecular weight excluding hydrogens is 316 g/mol. The maximum atomic E-state index is 12.7. The molecule has 0 saturated carbocycles. The van der Waals surface area contributed by atoms with Gasteiger partial charge in [-0.1, -0.05) is 24.3 Å². The van der Waals surface area contributed by atoms with Crippen molar-refractivity contribution in [3.05, 3.63) is 66.0 Å². The van der Waals surface area contributed by atoms with Crippen molar-refractivity contribution in [1.29, 1.82) is 0 Å². The van der Waals surface area contributed by atoms with Crippen molar-refractivity contribution in [1.82, 2.24) is 10.3 Å². The van der Waals surface area contributed by atoms with E-state index in [1.165, 1.54) is 0 Å². The van der Waals surface area contributed by atoms with Gasteiger partial charge in [0.25, 0.3) is 5.91 Å². The number of hydrogen-bond donors (Lipinski definition) is 1. The number of carbonyl (C=O) groups excluding carboxylic acids is 1. The zero-order valence-corrected chi connectivity index (χ0v) is 14.4. The molecule has 128 valence electrons. The average Bonchev–Trinajstić information content (AvgIpc) is 2.66. The fourth-order valence-electron chi connectivity index (χ4n) is 2.82. The van der Waals surface area contributed by atoms with Crippen LogP contribution >= 0.6 is 0 Å². The van der Waals surface area contributed by atoms with Gasteiger partial charge in [0, 0.05) is 23.2 Å². The first kappa shape index (κ1) is 16.8. The smallest absolute Gasteiger partial charge is 0.270 e. The largest absolute Gasteiger partial charge is 0.497 e. The molecule has 2 aromatic carbocycles. The monoisotopic (exact) mass is 336 g/mol. The first-order chi connectivity index (χ1) is 12.1. The van der Waals surface area contributed by atoms with E-state index in [0.29, 0.717) is 17.2 Å². The highest BCUT2D eigenvalue weighted by atomic mass is 16.5. The van der Waals surface area contributed by atoms with Gasteiger partial charge in [-0.15, -0.1) is 0 Å². The number of benzene rings is 2. The molecule has 1 atom stereocenters. The molecule has 5 heteroatoms. The first-order valence-corrected chi connectivity index (χ1v) is 8.00. The summed E-state index contributed by atoms with van der Waals surface area (Å²) in [6.45, 7) is 1.91. The van der Waals surface area contributed by atoms with E-state index in [4.69, 9.17) is 9.47 Å². The van der Waals surface area contributed by atoms with Gasteiger partial charge in [0.15, 0.2) is 0 Å². The normalized spacial score (nSPS) is 11.8. The summed E-state index contributed by atoms with van der Waals surface area (Å²) >= 11 is 0. The number of ether oxygens (including phenoxy) is 2. The Morgan fingerprint density at radius 1 is 1.08 bits per heavy atom. The van der Waals surface area contributed by atoms with E-state index in [1.54, 1.807) is 26.5 Å².